The molecule has 2 heterocycles. The molecule has 7 heteroatoms. The average Bonchev–Trinajstić information content (AvgIpc) is 3.24. The van der Waals surface area contributed by atoms with E-state index in [0.717, 1.165) is 11.3 Å². The molecule has 1 aromatic heterocycles. The van der Waals surface area contributed by atoms with Crippen molar-refractivity contribution in [3.63, 3.8) is 0 Å². The van der Waals surface area contributed by atoms with Gasteiger partial charge in [-0.05, 0) is 43.5 Å². The van der Waals surface area contributed by atoms with Crippen LogP contribution in [0.15, 0.2) is 60.9 Å². The second kappa shape index (κ2) is 8.49. The molecule has 0 aliphatic carbocycles. The number of nitrogens with zero attached hydrogens (tertiary/aromatic N) is 3. The van der Waals surface area contributed by atoms with Gasteiger partial charge in [0, 0.05) is 25.3 Å². The van der Waals surface area contributed by atoms with Crippen molar-refractivity contribution in [3.8, 4) is 5.69 Å². The molecule has 0 bridgehead atoms. The summed E-state index contributed by atoms with van der Waals surface area (Å²) in [7, 11) is 0. The van der Waals surface area contributed by atoms with Crippen molar-refractivity contribution < 1.29 is 14.0 Å². The summed E-state index contributed by atoms with van der Waals surface area (Å²) >= 11 is 0. The lowest BCUT2D eigenvalue weighted by Gasteiger charge is -2.32. The summed E-state index contributed by atoms with van der Waals surface area (Å²) < 4.78 is 15.5. The number of amides is 2. The number of rotatable bonds is 4. The fourth-order valence-corrected chi connectivity index (χ4v) is 3.70. The van der Waals surface area contributed by atoms with Gasteiger partial charge in [-0.15, -0.1) is 0 Å². The van der Waals surface area contributed by atoms with E-state index < -0.39 is 11.7 Å². The summed E-state index contributed by atoms with van der Waals surface area (Å²) in [6.07, 6.45) is 4.58. The van der Waals surface area contributed by atoms with Crippen LogP contribution < -0.4 is 5.32 Å². The number of carbonyl (C=O) groups excluding carboxylic acids is 2. The number of aromatic nitrogens is 2. The maximum Gasteiger partial charge on any atom is 0.257 e. The van der Waals surface area contributed by atoms with Crippen molar-refractivity contribution in [2.75, 3.05) is 13.1 Å². The molecular formula is C23H23FN4O2. The minimum absolute atomic E-state index is 0.0413. The van der Waals surface area contributed by atoms with E-state index in [1.54, 1.807) is 34.1 Å². The van der Waals surface area contributed by atoms with Crippen LogP contribution in [0.2, 0.25) is 0 Å². The van der Waals surface area contributed by atoms with E-state index >= 15 is 0 Å². The van der Waals surface area contributed by atoms with Gasteiger partial charge in [0.1, 0.15) is 5.82 Å². The molecule has 1 N–H and O–H groups in total. The maximum absolute atomic E-state index is 13.8. The van der Waals surface area contributed by atoms with Gasteiger partial charge in [-0.25, -0.2) is 9.07 Å². The predicted octanol–water partition coefficient (Wildman–Crippen LogP) is 3.35. The normalized spacial score (nSPS) is 14.5. The van der Waals surface area contributed by atoms with Crippen molar-refractivity contribution in [1.29, 1.82) is 0 Å². The quantitative estimate of drug-likeness (QED) is 0.723. The fourth-order valence-electron chi connectivity index (χ4n) is 3.70. The minimum atomic E-state index is -0.534. The van der Waals surface area contributed by atoms with E-state index in [2.05, 4.69) is 10.4 Å². The molecule has 1 saturated heterocycles. The van der Waals surface area contributed by atoms with Gasteiger partial charge in [0.2, 0.25) is 0 Å². The summed E-state index contributed by atoms with van der Waals surface area (Å²) in [5, 5.41) is 7.21. The standard InChI is InChI=1S/C23H23FN4O2/c1-16-6-2-5-9-21(16)28-15-17(14-25-28)23(30)27-12-10-18(11-13-27)26-22(29)19-7-3-4-8-20(19)24/h2-9,14-15,18H,10-13H2,1H3,(H,26,29). The van der Waals surface area contributed by atoms with Crippen LogP contribution in [-0.2, 0) is 0 Å². The zero-order chi connectivity index (χ0) is 21.1. The van der Waals surface area contributed by atoms with Gasteiger partial charge in [-0.3, -0.25) is 9.59 Å². The van der Waals surface area contributed by atoms with Gasteiger partial charge in [0.25, 0.3) is 11.8 Å². The topological polar surface area (TPSA) is 67.2 Å². The number of para-hydroxylation sites is 1. The zero-order valence-electron chi connectivity index (χ0n) is 16.7. The third-order valence-corrected chi connectivity index (χ3v) is 5.43. The van der Waals surface area contributed by atoms with E-state index in [1.807, 2.05) is 31.2 Å². The van der Waals surface area contributed by atoms with E-state index in [0.29, 0.717) is 31.5 Å². The van der Waals surface area contributed by atoms with Gasteiger partial charge in [-0.1, -0.05) is 30.3 Å². The van der Waals surface area contributed by atoms with Crippen LogP contribution in [-0.4, -0.2) is 45.6 Å². The van der Waals surface area contributed by atoms with Gasteiger partial charge in [-0.2, -0.15) is 5.10 Å². The number of benzene rings is 2. The number of hydrogen-bond donors (Lipinski definition) is 1. The molecular weight excluding hydrogens is 383 g/mol. The van der Waals surface area contributed by atoms with Crippen molar-refractivity contribution in [2.24, 2.45) is 0 Å². The van der Waals surface area contributed by atoms with Crippen LogP contribution >= 0.6 is 0 Å². The van der Waals surface area contributed by atoms with Gasteiger partial charge in [0.05, 0.1) is 23.0 Å². The molecule has 0 saturated carbocycles. The lowest BCUT2D eigenvalue weighted by Crippen LogP contribution is -2.46. The number of aryl methyl sites for hydroxylation is 1. The van der Waals surface area contributed by atoms with Gasteiger partial charge in [0.15, 0.2) is 0 Å². The fraction of sp³-hybridized carbons (Fsp3) is 0.261. The first-order chi connectivity index (χ1) is 14.5. The van der Waals surface area contributed by atoms with Crippen LogP contribution in [0.25, 0.3) is 5.69 Å². The highest BCUT2D eigenvalue weighted by Gasteiger charge is 2.26. The highest BCUT2D eigenvalue weighted by atomic mass is 19.1. The maximum atomic E-state index is 13.8. The summed E-state index contributed by atoms with van der Waals surface area (Å²) in [4.78, 5) is 26.9. The third-order valence-electron chi connectivity index (χ3n) is 5.43. The van der Waals surface area contributed by atoms with E-state index in [4.69, 9.17) is 0 Å². The Hall–Kier alpha value is -3.48. The highest BCUT2D eigenvalue weighted by molar-refractivity contribution is 5.95. The first-order valence-corrected chi connectivity index (χ1v) is 9.98. The van der Waals surface area contributed by atoms with E-state index in [9.17, 15) is 14.0 Å². The van der Waals surface area contributed by atoms with Crippen LogP contribution in [0, 0.1) is 12.7 Å². The van der Waals surface area contributed by atoms with Crippen LogP contribution in [0.3, 0.4) is 0 Å². The highest BCUT2D eigenvalue weighted by Crippen LogP contribution is 2.17. The number of nitrogens with one attached hydrogen (secondary N) is 1. The van der Waals surface area contributed by atoms with Crippen LogP contribution in [0.5, 0.6) is 0 Å². The Labute approximate surface area is 174 Å². The van der Waals surface area contributed by atoms with E-state index in [1.165, 1.54) is 12.1 Å². The lowest BCUT2D eigenvalue weighted by atomic mass is 10.0. The molecule has 30 heavy (non-hydrogen) atoms. The monoisotopic (exact) mass is 406 g/mol. The molecule has 0 spiro atoms. The minimum Gasteiger partial charge on any atom is -0.349 e. The Morgan fingerprint density at radius 1 is 1.07 bits per heavy atom. The number of carbonyl (C=O) groups is 2. The van der Waals surface area contributed by atoms with Gasteiger partial charge < -0.3 is 10.2 Å². The Bertz CT molecular complexity index is 1070. The molecule has 4 rings (SSSR count). The summed E-state index contributed by atoms with van der Waals surface area (Å²) in [6, 6.07) is 13.7. The van der Waals surface area contributed by atoms with Crippen molar-refractivity contribution in [2.45, 2.75) is 25.8 Å². The molecule has 6 nitrogen and oxygen atoms in total. The summed E-state index contributed by atoms with van der Waals surface area (Å²) in [5.74, 6) is -1.03. The predicted molar refractivity (Wildman–Crippen MR) is 111 cm³/mol. The largest absolute Gasteiger partial charge is 0.349 e. The first kappa shape index (κ1) is 19.8. The molecule has 1 aliphatic heterocycles. The van der Waals surface area contributed by atoms with Crippen molar-refractivity contribution >= 4 is 11.8 Å². The Morgan fingerprint density at radius 3 is 2.50 bits per heavy atom. The molecule has 154 valence electrons. The Kier molecular flexibility index (Phi) is 5.61. The third kappa shape index (κ3) is 4.10. The van der Waals surface area contributed by atoms with Crippen molar-refractivity contribution in [3.05, 3.63) is 83.4 Å². The number of hydrogen-bond acceptors (Lipinski definition) is 3. The van der Waals surface area contributed by atoms with Crippen molar-refractivity contribution in [1.82, 2.24) is 20.0 Å². The summed E-state index contributed by atoms with van der Waals surface area (Å²) in [6.45, 7) is 3.05. The molecule has 3 aromatic rings. The van der Waals surface area contributed by atoms with E-state index in [-0.39, 0.29) is 17.5 Å². The molecule has 2 amide bonds. The lowest BCUT2D eigenvalue weighted by molar-refractivity contribution is 0.0698. The molecule has 0 unspecified atom stereocenters. The second-order valence-electron chi connectivity index (χ2n) is 7.48. The van der Waals surface area contributed by atoms with Gasteiger partial charge >= 0.3 is 0 Å². The smallest absolute Gasteiger partial charge is 0.257 e. The summed E-state index contributed by atoms with van der Waals surface area (Å²) in [5.41, 5.74) is 2.59. The Morgan fingerprint density at radius 2 is 1.77 bits per heavy atom. The molecule has 0 radical (unpaired) electrons. The second-order valence-corrected chi connectivity index (χ2v) is 7.48. The number of likely N-dealkylation sites (tertiary alicyclic amines) is 1. The Balaban J connectivity index is 1.35. The number of piperidine rings is 1. The molecule has 2 aromatic carbocycles. The SMILES string of the molecule is Cc1ccccc1-n1cc(C(=O)N2CCC(NC(=O)c3ccccc3F)CC2)cn1. The first-order valence-electron chi connectivity index (χ1n) is 9.98. The zero-order valence-corrected chi connectivity index (χ0v) is 16.7. The van der Waals surface area contributed by atoms with Crippen LogP contribution in [0.4, 0.5) is 4.39 Å². The molecule has 1 fully saturated rings. The van der Waals surface area contributed by atoms with Crippen LogP contribution in [0.1, 0.15) is 39.1 Å². The molecule has 0 atom stereocenters. The average molecular weight is 406 g/mol. The number of halogens is 1. The molecule has 1 aliphatic rings.